The Morgan fingerprint density at radius 1 is 1.22 bits per heavy atom. The first-order valence-corrected chi connectivity index (χ1v) is 13.0. The van der Waals surface area contributed by atoms with E-state index in [1.807, 2.05) is 4.90 Å². The molecule has 3 aromatic rings. The van der Waals surface area contributed by atoms with E-state index in [2.05, 4.69) is 4.98 Å². The van der Waals surface area contributed by atoms with Crippen LogP contribution in [0.1, 0.15) is 31.0 Å². The van der Waals surface area contributed by atoms with Crippen LogP contribution in [0.15, 0.2) is 47.5 Å². The maximum atomic E-state index is 15.4. The minimum atomic E-state index is -1.62. The van der Waals surface area contributed by atoms with E-state index in [4.69, 9.17) is 4.74 Å². The lowest BCUT2D eigenvalue weighted by molar-refractivity contribution is -0.146. The zero-order valence-corrected chi connectivity index (χ0v) is 21.1. The fraction of sp³-hybridized carbons (Fsp3) is 0.407. The molecule has 1 aliphatic rings. The number of carboxylic acids is 1. The Kier molecular flexibility index (Phi) is 8.91. The second kappa shape index (κ2) is 12.1. The smallest absolute Gasteiger partial charge is 0.308 e. The molecule has 4 rings (SSSR count). The number of hydrogen-bond acceptors (Lipinski definition) is 5. The van der Waals surface area contributed by atoms with E-state index in [0.717, 1.165) is 24.4 Å². The summed E-state index contributed by atoms with van der Waals surface area (Å²) in [6.07, 6.45) is 0.209. The number of pyridine rings is 1. The second-order valence-electron chi connectivity index (χ2n) is 9.17. The van der Waals surface area contributed by atoms with Gasteiger partial charge in [0.25, 0.3) is 0 Å². The van der Waals surface area contributed by atoms with Crippen LogP contribution in [0, 0.1) is 29.3 Å². The highest BCUT2D eigenvalue weighted by atomic mass is 32.2. The molecular formula is C27H28F4N2O3S. The van der Waals surface area contributed by atoms with Crippen LogP contribution in [0.25, 0.3) is 10.9 Å². The van der Waals surface area contributed by atoms with Crippen LogP contribution in [0.2, 0.25) is 0 Å². The van der Waals surface area contributed by atoms with Crippen LogP contribution in [0.5, 0.6) is 5.75 Å². The van der Waals surface area contributed by atoms with Crippen LogP contribution < -0.4 is 4.74 Å². The van der Waals surface area contributed by atoms with Crippen LogP contribution in [0.3, 0.4) is 0 Å². The van der Waals surface area contributed by atoms with E-state index in [0.29, 0.717) is 48.3 Å². The first-order chi connectivity index (χ1) is 17.8. The predicted octanol–water partition coefficient (Wildman–Crippen LogP) is 6.27. The van der Waals surface area contributed by atoms with Crippen molar-refractivity contribution in [2.45, 2.75) is 30.3 Å². The number of benzene rings is 2. The van der Waals surface area contributed by atoms with Crippen molar-refractivity contribution < 1.29 is 32.2 Å². The maximum Gasteiger partial charge on any atom is 0.308 e. The molecule has 37 heavy (non-hydrogen) atoms. The summed E-state index contributed by atoms with van der Waals surface area (Å²) in [5.41, 5.74) is 0.363. The third-order valence-electron chi connectivity index (χ3n) is 6.89. The quantitative estimate of drug-likeness (QED) is 0.244. The SMILES string of the molecule is COc1ccc2ncc(F)c(C(F)CCC3CCN(CCSc4cc(F)ccc4F)CC3C(=O)O)c2c1. The molecule has 0 bridgehead atoms. The summed E-state index contributed by atoms with van der Waals surface area (Å²) in [5, 5.41) is 10.2. The number of halogens is 4. The monoisotopic (exact) mass is 536 g/mol. The maximum absolute atomic E-state index is 15.4. The molecule has 0 radical (unpaired) electrons. The number of aromatic nitrogens is 1. The number of alkyl halides is 1. The number of aliphatic carboxylic acids is 1. The lowest BCUT2D eigenvalue weighted by atomic mass is 9.81. The Labute approximate surface area is 216 Å². The van der Waals surface area contributed by atoms with Crippen molar-refractivity contribution in [3.05, 3.63) is 65.6 Å². The summed E-state index contributed by atoms with van der Waals surface area (Å²) >= 11 is 1.18. The number of carboxylic acid groups (broad SMARTS) is 1. The van der Waals surface area contributed by atoms with Gasteiger partial charge in [-0.05, 0) is 68.1 Å². The number of nitrogens with zero attached hydrogens (tertiary/aromatic N) is 2. The van der Waals surface area contributed by atoms with E-state index in [1.165, 1.54) is 18.9 Å². The van der Waals surface area contributed by atoms with Crippen molar-refractivity contribution in [3.8, 4) is 5.75 Å². The number of hydrogen-bond donors (Lipinski definition) is 1. The molecule has 1 N–H and O–H groups in total. The molecule has 1 saturated heterocycles. The van der Waals surface area contributed by atoms with Gasteiger partial charge >= 0.3 is 5.97 Å². The molecule has 0 aliphatic carbocycles. The third kappa shape index (κ3) is 6.54. The number of fused-ring (bicyclic) bond motifs is 1. The van der Waals surface area contributed by atoms with Crippen LogP contribution >= 0.6 is 11.8 Å². The zero-order valence-electron chi connectivity index (χ0n) is 20.3. The molecule has 3 unspecified atom stereocenters. The topological polar surface area (TPSA) is 62.7 Å². The first kappa shape index (κ1) is 27.2. The van der Waals surface area contributed by atoms with Gasteiger partial charge in [0, 0.05) is 34.7 Å². The Hall–Kier alpha value is -2.85. The summed E-state index contributed by atoms with van der Waals surface area (Å²) in [5.74, 6) is -2.73. The Balaban J connectivity index is 1.36. The summed E-state index contributed by atoms with van der Waals surface area (Å²) in [6, 6.07) is 8.15. The highest BCUT2D eigenvalue weighted by Crippen LogP contribution is 2.37. The van der Waals surface area contributed by atoms with E-state index in [9.17, 15) is 23.1 Å². The molecule has 1 aliphatic heterocycles. The van der Waals surface area contributed by atoms with Gasteiger partial charge < -0.3 is 14.7 Å². The Morgan fingerprint density at radius 2 is 2.03 bits per heavy atom. The van der Waals surface area contributed by atoms with E-state index in [-0.39, 0.29) is 29.3 Å². The number of thioether (sulfide) groups is 1. The van der Waals surface area contributed by atoms with Gasteiger partial charge in [-0.15, -0.1) is 11.8 Å². The van der Waals surface area contributed by atoms with Crippen molar-refractivity contribution in [2.24, 2.45) is 11.8 Å². The standard InChI is InChI=1S/C27H28F4N2O3S/c1-36-18-4-7-24-19(13-18)26(23(31)14-32-24)22(30)5-2-16-8-9-33(15-20(16)27(34)35)10-11-37-25-12-17(28)3-6-21(25)29/h3-4,6-7,12-14,16,20,22H,2,5,8-11,15H2,1H3,(H,34,35). The molecule has 10 heteroatoms. The van der Waals surface area contributed by atoms with Crippen LogP contribution in [0.4, 0.5) is 17.6 Å². The summed E-state index contributed by atoms with van der Waals surface area (Å²) in [7, 11) is 1.47. The molecule has 2 heterocycles. The molecule has 1 fully saturated rings. The van der Waals surface area contributed by atoms with Crippen molar-refractivity contribution in [2.75, 3.05) is 32.5 Å². The molecule has 0 spiro atoms. The Bertz CT molecular complexity index is 1260. The van der Waals surface area contributed by atoms with Crippen molar-refractivity contribution in [1.82, 2.24) is 9.88 Å². The minimum Gasteiger partial charge on any atom is -0.497 e. The van der Waals surface area contributed by atoms with Gasteiger partial charge in [0.1, 0.15) is 29.4 Å². The Morgan fingerprint density at radius 3 is 2.78 bits per heavy atom. The highest BCUT2D eigenvalue weighted by molar-refractivity contribution is 7.99. The zero-order chi connectivity index (χ0) is 26.5. The average molecular weight is 537 g/mol. The summed E-state index contributed by atoms with van der Waals surface area (Å²) in [6.45, 7) is 1.41. The van der Waals surface area contributed by atoms with Crippen molar-refractivity contribution in [1.29, 1.82) is 0 Å². The van der Waals surface area contributed by atoms with Gasteiger partial charge in [0.15, 0.2) is 0 Å². The lowest BCUT2D eigenvalue weighted by Gasteiger charge is -2.36. The molecular weight excluding hydrogens is 508 g/mol. The van der Waals surface area contributed by atoms with E-state index >= 15 is 4.39 Å². The molecule has 0 saturated carbocycles. The molecule has 5 nitrogen and oxygen atoms in total. The highest BCUT2D eigenvalue weighted by Gasteiger charge is 2.35. The average Bonchev–Trinajstić information content (AvgIpc) is 2.89. The number of methoxy groups -OCH3 is 1. The molecule has 1 aromatic heterocycles. The minimum absolute atomic E-state index is 0.0175. The molecule has 198 valence electrons. The predicted molar refractivity (Wildman–Crippen MR) is 134 cm³/mol. The molecule has 0 amide bonds. The fourth-order valence-corrected chi connectivity index (χ4v) is 5.86. The summed E-state index contributed by atoms with van der Waals surface area (Å²) < 4.78 is 62.4. The number of likely N-dealkylation sites (tertiary alicyclic amines) is 1. The number of piperidine rings is 1. The lowest BCUT2D eigenvalue weighted by Crippen LogP contribution is -2.44. The van der Waals surface area contributed by atoms with Crippen LogP contribution in [-0.4, -0.2) is 53.5 Å². The van der Waals surface area contributed by atoms with Crippen molar-refractivity contribution >= 4 is 28.6 Å². The number of carbonyl (C=O) groups is 1. The van der Waals surface area contributed by atoms with Gasteiger partial charge in [-0.25, -0.2) is 17.6 Å². The normalized spacial score (nSPS) is 19.2. The first-order valence-electron chi connectivity index (χ1n) is 12.1. The van der Waals surface area contributed by atoms with E-state index in [1.54, 1.807) is 18.2 Å². The van der Waals surface area contributed by atoms with Gasteiger partial charge in [0.2, 0.25) is 0 Å². The number of ether oxygens (including phenoxy) is 1. The molecule has 3 atom stereocenters. The van der Waals surface area contributed by atoms with Gasteiger partial charge in [-0.1, -0.05) is 0 Å². The second-order valence-corrected chi connectivity index (χ2v) is 10.3. The van der Waals surface area contributed by atoms with Gasteiger partial charge in [0.05, 0.1) is 24.7 Å². The fourth-order valence-electron chi connectivity index (χ4n) is 4.89. The van der Waals surface area contributed by atoms with E-state index < -0.39 is 35.5 Å². The summed E-state index contributed by atoms with van der Waals surface area (Å²) in [4.78, 5) is 18.2. The van der Waals surface area contributed by atoms with Gasteiger partial charge in [-0.3, -0.25) is 9.78 Å². The van der Waals surface area contributed by atoms with Crippen LogP contribution in [-0.2, 0) is 4.79 Å². The van der Waals surface area contributed by atoms with Gasteiger partial charge in [-0.2, -0.15) is 0 Å². The largest absolute Gasteiger partial charge is 0.497 e. The number of rotatable bonds is 10. The molecule has 2 aromatic carbocycles. The third-order valence-corrected chi connectivity index (χ3v) is 7.90. The van der Waals surface area contributed by atoms with Crippen molar-refractivity contribution in [3.63, 3.8) is 0 Å².